The van der Waals surface area contributed by atoms with Gasteiger partial charge in [-0.15, -0.1) is 0 Å². The van der Waals surface area contributed by atoms with Crippen molar-refractivity contribution < 1.29 is 12.8 Å². The Morgan fingerprint density at radius 1 is 1.25 bits per heavy atom. The lowest BCUT2D eigenvalue weighted by molar-refractivity contribution is 0.593. The summed E-state index contributed by atoms with van der Waals surface area (Å²) >= 11 is 0. The minimum absolute atomic E-state index is 0.00420. The third-order valence-corrected chi connectivity index (χ3v) is 6.62. The van der Waals surface area contributed by atoms with E-state index in [1.54, 1.807) is 38.4 Å². The zero-order valence-corrected chi connectivity index (χ0v) is 17.0. The van der Waals surface area contributed by atoms with Gasteiger partial charge in [-0.1, -0.05) is 18.9 Å². The highest BCUT2D eigenvalue weighted by Crippen LogP contribution is 2.38. The van der Waals surface area contributed by atoms with Gasteiger partial charge in [0, 0.05) is 37.2 Å². The Kier molecular flexibility index (Phi) is 4.45. The molecule has 1 aromatic carbocycles. The first-order valence-electron chi connectivity index (χ1n) is 9.37. The van der Waals surface area contributed by atoms with E-state index in [0.29, 0.717) is 34.8 Å². The largest absolute Gasteiger partial charge is 0.338 e. The highest BCUT2D eigenvalue weighted by atomic mass is 32.2. The van der Waals surface area contributed by atoms with E-state index in [2.05, 4.69) is 0 Å². The summed E-state index contributed by atoms with van der Waals surface area (Å²) in [5.74, 6) is 0.0955. The molecule has 1 fully saturated rings. The molecule has 5 nitrogen and oxygen atoms in total. The van der Waals surface area contributed by atoms with Crippen molar-refractivity contribution in [3.05, 3.63) is 52.2 Å². The molecule has 1 saturated carbocycles. The zero-order chi connectivity index (χ0) is 20.2. The molecule has 2 heterocycles. The second-order valence-electron chi connectivity index (χ2n) is 7.80. The van der Waals surface area contributed by atoms with Gasteiger partial charge in [-0.25, -0.2) is 12.8 Å². The van der Waals surface area contributed by atoms with Crippen LogP contribution in [-0.2, 0) is 23.4 Å². The van der Waals surface area contributed by atoms with Crippen molar-refractivity contribution in [3.63, 3.8) is 0 Å². The molecule has 0 amide bonds. The fourth-order valence-corrected chi connectivity index (χ4v) is 4.76. The number of aryl methyl sites for hydroxylation is 3. The van der Waals surface area contributed by atoms with E-state index in [0.717, 1.165) is 12.7 Å². The van der Waals surface area contributed by atoms with E-state index in [9.17, 15) is 13.2 Å². The molecule has 0 aliphatic heterocycles. The minimum atomic E-state index is -3.59. The first kappa shape index (κ1) is 18.9. The van der Waals surface area contributed by atoms with Crippen molar-refractivity contribution in [1.29, 1.82) is 0 Å². The monoisotopic (exact) mass is 402 g/mol. The van der Waals surface area contributed by atoms with Crippen LogP contribution in [0.2, 0.25) is 0 Å². The number of nitrogens with zero attached hydrogens (tertiary/aromatic N) is 2. The molecule has 1 aliphatic rings. The minimum Gasteiger partial charge on any atom is -0.338 e. The highest BCUT2D eigenvalue weighted by molar-refractivity contribution is 7.91. The topological polar surface area (TPSA) is 61.1 Å². The third kappa shape index (κ3) is 3.17. The molecule has 148 valence electrons. The quantitative estimate of drug-likeness (QED) is 0.654. The lowest BCUT2D eigenvalue weighted by Gasteiger charge is -2.12. The number of rotatable bonds is 5. The van der Waals surface area contributed by atoms with E-state index in [1.165, 1.54) is 23.5 Å². The fourth-order valence-electron chi connectivity index (χ4n) is 3.87. The van der Waals surface area contributed by atoms with Crippen LogP contribution in [0, 0.1) is 18.7 Å². The third-order valence-electron chi connectivity index (χ3n) is 5.49. The van der Waals surface area contributed by atoms with Gasteiger partial charge < -0.3 is 9.13 Å². The molecule has 0 radical (unpaired) electrons. The van der Waals surface area contributed by atoms with Gasteiger partial charge in [0.05, 0.1) is 21.5 Å². The average molecular weight is 402 g/mol. The molecule has 4 rings (SSSR count). The lowest BCUT2D eigenvalue weighted by Crippen LogP contribution is -2.18. The Balaban J connectivity index is 2.05. The summed E-state index contributed by atoms with van der Waals surface area (Å²) in [6.07, 6.45) is 6.00. The van der Waals surface area contributed by atoms with Crippen LogP contribution in [0.25, 0.3) is 22.2 Å². The van der Waals surface area contributed by atoms with Crippen LogP contribution >= 0.6 is 0 Å². The summed E-state index contributed by atoms with van der Waals surface area (Å²) in [6.45, 7) is 2.30. The molecule has 1 aliphatic carbocycles. The number of aromatic nitrogens is 2. The molecule has 3 aromatic rings. The van der Waals surface area contributed by atoms with Crippen molar-refractivity contribution in [2.45, 2.75) is 37.6 Å². The molecule has 0 unspecified atom stereocenters. The molecule has 28 heavy (non-hydrogen) atoms. The first-order chi connectivity index (χ1) is 13.2. The number of sulfone groups is 1. The maximum Gasteiger partial charge on any atom is 0.253 e. The Hall–Kier alpha value is -2.41. The molecule has 0 spiro atoms. The maximum absolute atomic E-state index is 15.7. The summed E-state index contributed by atoms with van der Waals surface area (Å²) in [4.78, 5) is 12.1. The average Bonchev–Trinajstić information content (AvgIpc) is 3.41. The SMILES string of the molecule is Cc1cc(-c2c(F)c3c(S(C)(=O)=O)cccc3n2CCC2CC2)cn(C)c1=O. The summed E-state index contributed by atoms with van der Waals surface area (Å²) in [6, 6.07) is 6.54. The van der Waals surface area contributed by atoms with Gasteiger partial charge >= 0.3 is 0 Å². The van der Waals surface area contributed by atoms with Crippen LogP contribution in [-0.4, -0.2) is 23.8 Å². The number of hydrogen-bond acceptors (Lipinski definition) is 3. The molecular weight excluding hydrogens is 379 g/mol. The molecule has 0 atom stereocenters. The summed E-state index contributed by atoms with van der Waals surface area (Å²) in [7, 11) is -1.95. The van der Waals surface area contributed by atoms with E-state index in [1.807, 2.05) is 4.57 Å². The normalized spacial score (nSPS) is 14.7. The summed E-state index contributed by atoms with van der Waals surface area (Å²) < 4.78 is 43.5. The van der Waals surface area contributed by atoms with Crippen molar-refractivity contribution in [2.75, 3.05) is 6.26 Å². The van der Waals surface area contributed by atoms with Crippen molar-refractivity contribution in [3.8, 4) is 11.3 Å². The van der Waals surface area contributed by atoms with Gasteiger partial charge in [-0.3, -0.25) is 4.79 Å². The molecule has 7 heteroatoms. The van der Waals surface area contributed by atoms with Crippen molar-refractivity contribution in [2.24, 2.45) is 13.0 Å². The van der Waals surface area contributed by atoms with Crippen LogP contribution in [0.5, 0.6) is 0 Å². The van der Waals surface area contributed by atoms with Gasteiger partial charge in [-0.05, 0) is 37.5 Å². The van der Waals surface area contributed by atoms with Crippen LogP contribution in [0.3, 0.4) is 0 Å². The molecule has 0 N–H and O–H groups in total. The van der Waals surface area contributed by atoms with E-state index in [4.69, 9.17) is 0 Å². The predicted octanol–water partition coefficient (Wildman–Crippen LogP) is 3.66. The zero-order valence-electron chi connectivity index (χ0n) is 16.2. The Morgan fingerprint density at radius 2 is 1.96 bits per heavy atom. The highest BCUT2D eigenvalue weighted by Gasteiger charge is 2.27. The van der Waals surface area contributed by atoms with E-state index >= 15 is 4.39 Å². The van der Waals surface area contributed by atoms with Gasteiger partial charge in [0.25, 0.3) is 5.56 Å². The summed E-state index contributed by atoms with van der Waals surface area (Å²) in [5.41, 5.74) is 1.86. The van der Waals surface area contributed by atoms with E-state index in [-0.39, 0.29) is 15.8 Å². The van der Waals surface area contributed by atoms with Crippen LogP contribution in [0.15, 0.2) is 40.2 Å². The molecular formula is C21H23FN2O3S. The smallest absolute Gasteiger partial charge is 0.253 e. The van der Waals surface area contributed by atoms with Crippen LogP contribution < -0.4 is 5.56 Å². The first-order valence-corrected chi connectivity index (χ1v) is 11.3. The van der Waals surface area contributed by atoms with Gasteiger partial charge in [0.1, 0.15) is 0 Å². The number of benzene rings is 1. The second kappa shape index (κ2) is 6.58. The standard InChI is InChI=1S/C21H23FN2O3S/c1-13-11-15(12-23(2)21(13)25)20-19(22)18-16(24(20)10-9-14-7-8-14)5-4-6-17(18)28(3,26)27/h4-6,11-12,14H,7-10H2,1-3H3. The van der Waals surface area contributed by atoms with Crippen molar-refractivity contribution in [1.82, 2.24) is 9.13 Å². The Bertz CT molecular complexity index is 1220. The Labute approximate surface area is 163 Å². The van der Waals surface area contributed by atoms with Gasteiger partial charge in [-0.2, -0.15) is 0 Å². The predicted molar refractivity (Wildman–Crippen MR) is 108 cm³/mol. The maximum atomic E-state index is 15.7. The van der Waals surface area contributed by atoms with Crippen LogP contribution in [0.1, 0.15) is 24.8 Å². The van der Waals surface area contributed by atoms with Gasteiger partial charge in [0.15, 0.2) is 15.7 Å². The van der Waals surface area contributed by atoms with Gasteiger partial charge in [0.2, 0.25) is 0 Å². The fraction of sp³-hybridized carbons (Fsp3) is 0.381. The lowest BCUT2D eigenvalue weighted by atomic mass is 10.1. The summed E-state index contributed by atoms with van der Waals surface area (Å²) in [5, 5.41) is 0.127. The van der Waals surface area contributed by atoms with Crippen molar-refractivity contribution >= 4 is 20.7 Å². The van der Waals surface area contributed by atoms with Crippen LogP contribution in [0.4, 0.5) is 4.39 Å². The molecule has 2 aromatic heterocycles. The Morgan fingerprint density at radius 3 is 2.57 bits per heavy atom. The number of hydrogen-bond donors (Lipinski definition) is 0. The number of halogens is 1. The molecule has 0 saturated heterocycles. The second-order valence-corrected chi connectivity index (χ2v) is 9.78. The molecule has 0 bridgehead atoms. The number of fused-ring (bicyclic) bond motifs is 1. The van der Waals surface area contributed by atoms with E-state index < -0.39 is 15.7 Å². The number of pyridine rings is 1.